The Hall–Kier alpha value is -3.47. The van der Waals surface area contributed by atoms with Crippen molar-refractivity contribution < 1.29 is 13.6 Å². The Morgan fingerprint density at radius 3 is 2.43 bits per heavy atom. The molecule has 0 bridgehead atoms. The number of rotatable bonds is 5. The largest absolute Gasteiger partial charge is 0.361 e. The van der Waals surface area contributed by atoms with Gasteiger partial charge in [0.05, 0.1) is 5.69 Å². The van der Waals surface area contributed by atoms with E-state index in [1.54, 1.807) is 24.3 Å². The van der Waals surface area contributed by atoms with Gasteiger partial charge in [-0.2, -0.15) is 0 Å². The van der Waals surface area contributed by atoms with E-state index in [1.165, 1.54) is 24.3 Å². The van der Waals surface area contributed by atoms with E-state index < -0.39 is 5.82 Å². The van der Waals surface area contributed by atoms with Crippen LogP contribution in [0.2, 0.25) is 0 Å². The maximum Gasteiger partial charge on any atom is 0.225 e. The second kappa shape index (κ2) is 7.64. The minimum absolute atomic E-state index is 0.0990. The van der Waals surface area contributed by atoms with Gasteiger partial charge in [-0.15, -0.1) is 0 Å². The zero-order valence-electron chi connectivity index (χ0n) is 15.0. The molecule has 140 valence electrons. The normalized spacial score (nSPS) is 12.1. The number of carbonyl (C=O) groups is 1. The van der Waals surface area contributed by atoms with Crippen molar-refractivity contribution in [3.8, 4) is 0 Å². The Morgan fingerprint density at radius 2 is 1.64 bits per heavy atom. The SMILES string of the molecule is O=C(C[C@H](c1ccc(F)cc1)c1c[nH]c2ccccc12)Nc1ccccc1F. The van der Waals surface area contributed by atoms with Crippen LogP contribution in [0.1, 0.15) is 23.5 Å². The Labute approximate surface area is 161 Å². The third-order valence-corrected chi connectivity index (χ3v) is 4.81. The predicted octanol–water partition coefficient (Wildman–Crippen LogP) is 5.61. The van der Waals surface area contributed by atoms with Gasteiger partial charge in [-0.3, -0.25) is 4.79 Å². The van der Waals surface area contributed by atoms with E-state index >= 15 is 0 Å². The lowest BCUT2D eigenvalue weighted by Gasteiger charge is -2.17. The van der Waals surface area contributed by atoms with Crippen molar-refractivity contribution in [2.45, 2.75) is 12.3 Å². The summed E-state index contributed by atoms with van der Waals surface area (Å²) in [5.41, 5.74) is 2.85. The average Bonchev–Trinajstić information content (AvgIpc) is 3.13. The van der Waals surface area contributed by atoms with Crippen LogP contribution in [0.3, 0.4) is 0 Å². The molecule has 0 aliphatic rings. The number of hydrogen-bond donors (Lipinski definition) is 2. The molecule has 0 saturated carbocycles. The molecule has 3 aromatic carbocycles. The van der Waals surface area contributed by atoms with Crippen molar-refractivity contribution >= 4 is 22.5 Å². The average molecular weight is 376 g/mol. The molecule has 0 fully saturated rings. The van der Waals surface area contributed by atoms with Crippen LogP contribution in [0.25, 0.3) is 10.9 Å². The number of hydrogen-bond acceptors (Lipinski definition) is 1. The van der Waals surface area contributed by atoms with Crippen molar-refractivity contribution in [1.29, 1.82) is 0 Å². The monoisotopic (exact) mass is 376 g/mol. The minimum atomic E-state index is -0.485. The lowest BCUT2D eigenvalue weighted by atomic mass is 9.88. The van der Waals surface area contributed by atoms with Gasteiger partial charge in [0.15, 0.2) is 0 Å². The van der Waals surface area contributed by atoms with E-state index in [2.05, 4.69) is 10.3 Å². The van der Waals surface area contributed by atoms with Crippen molar-refractivity contribution in [2.75, 3.05) is 5.32 Å². The van der Waals surface area contributed by atoms with E-state index in [0.29, 0.717) is 0 Å². The Morgan fingerprint density at radius 1 is 0.929 bits per heavy atom. The maximum atomic E-state index is 13.9. The molecule has 0 unspecified atom stereocenters. The van der Waals surface area contributed by atoms with Gasteiger partial charge in [-0.1, -0.05) is 42.5 Å². The van der Waals surface area contributed by atoms with Gasteiger partial charge < -0.3 is 10.3 Å². The highest BCUT2D eigenvalue weighted by Crippen LogP contribution is 2.34. The number of aromatic nitrogens is 1. The van der Waals surface area contributed by atoms with Crippen LogP contribution in [0, 0.1) is 11.6 Å². The summed E-state index contributed by atoms with van der Waals surface area (Å²) in [6.07, 6.45) is 1.97. The number of amides is 1. The molecule has 0 spiro atoms. The number of H-pyrrole nitrogens is 1. The molecule has 0 aliphatic heterocycles. The summed E-state index contributed by atoms with van der Waals surface area (Å²) in [6.45, 7) is 0. The van der Waals surface area contributed by atoms with E-state index in [9.17, 15) is 13.6 Å². The van der Waals surface area contributed by atoms with Crippen molar-refractivity contribution in [1.82, 2.24) is 4.98 Å². The summed E-state index contributed by atoms with van der Waals surface area (Å²) in [7, 11) is 0. The van der Waals surface area contributed by atoms with Gasteiger partial charge in [0.25, 0.3) is 0 Å². The molecule has 0 saturated heterocycles. The molecule has 1 atom stereocenters. The third-order valence-electron chi connectivity index (χ3n) is 4.81. The van der Waals surface area contributed by atoms with Crippen LogP contribution in [-0.4, -0.2) is 10.9 Å². The van der Waals surface area contributed by atoms with E-state index in [0.717, 1.165) is 22.0 Å². The Balaban J connectivity index is 1.68. The third kappa shape index (κ3) is 3.64. The van der Waals surface area contributed by atoms with Gasteiger partial charge in [-0.25, -0.2) is 8.78 Å². The highest BCUT2D eigenvalue weighted by Gasteiger charge is 2.22. The molecular formula is C23H18F2N2O. The molecular weight excluding hydrogens is 358 g/mol. The van der Waals surface area contributed by atoms with E-state index in [4.69, 9.17) is 0 Å². The van der Waals surface area contributed by atoms with Crippen LogP contribution in [0.4, 0.5) is 14.5 Å². The molecule has 0 aliphatic carbocycles. The number of aromatic amines is 1. The lowest BCUT2D eigenvalue weighted by Crippen LogP contribution is -2.17. The zero-order valence-corrected chi connectivity index (χ0v) is 15.0. The van der Waals surface area contributed by atoms with Crippen LogP contribution in [0.5, 0.6) is 0 Å². The fraction of sp³-hybridized carbons (Fsp3) is 0.0870. The molecule has 4 rings (SSSR count). The van der Waals surface area contributed by atoms with Gasteiger partial charge >= 0.3 is 0 Å². The molecule has 1 aromatic heterocycles. The zero-order chi connectivity index (χ0) is 19.5. The van der Waals surface area contributed by atoms with Gasteiger partial charge in [0.1, 0.15) is 11.6 Å². The standard InChI is InChI=1S/C23H18F2N2O/c24-16-11-9-15(10-12-16)18(19-14-26-21-7-3-1-5-17(19)21)13-23(28)27-22-8-4-2-6-20(22)25/h1-12,14,18,26H,13H2,(H,27,28)/t18-/m1/s1. The summed E-state index contributed by atoms with van der Waals surface area (Å²) >= 11 is 0. The first-order chi connectivity index (χ1) is 13.6. The molecule has 4 aromatic rings. The summed E-state index contributed by atoms with van der Waals surface area (Å²) in [6, 6.07) is 20.0. The van der Waals surface area contributed by atoms with Crippen LogP contribution >= 0.6 is 0 Å². The number of anilines is 1. The van der Waals surface area contributed by atoms with E-state index in [1.807, 2.05) is 30.5 Å². The summed E-state index contributed by atoms with van der Waals surface area (Å²) < 4.78 is 27.3. The number of carbonyl (C=O) groups excluding carboxylic acids is 1. The summed E-state index contributed by atoms with van der Waals surface area (Å²) in [5.74, 6) is -1.44. The highest BCUT2D eigenvalue weighted by atomic mass is 19.1. The number of benzene rings is 3. The topological polar surface area (TPSA) is 44.9 Å². The second-order valence-electron chi connectivity index (χ2n) is 6.63. The number of halogens is 2. The van der Waals surface area contributed by atoms with Crippen molar-refractivity contribution in [3.05, 3.63) is 102 Å². The molecule has 1 amide bonds. The first kappa shape index (κ1) is 17.9. The molecule has 0 radical (unpaired) electrons. The van der Waals surface area contributed by atoms with Gasteiger partial charge in [0.2, 0.25) is 5.91 Å². The number of para-hydroxylation sites is 2. The molecule has 5 heteroatoms. The quantitative estimate of drug-likeness (QED) is 0.467. The minimum Gasteiger partial charge on any atom is -0.361 e. The van der Waals surface area contributed by atoms with Crippen LogP contribution < -0.4 is 5.32 Å². The smallest absolute Gasteiger partial charge is 0.225 e. The summed E-state index contributed by atoms with van der Waals surface area (Å²) in [4.78, 5) is 15.9. The van der Waals surface area contributed by atoms with Crippen molar-refractivity contribution in [3.63, 3.8) is 0 Å². The highest BCUT2D eigenvalue weighted by molar-refractivity contribution is 5.93. The first-order valence-electron chi connectivity index (χ1n) is 8.97. The van der Waals surface area contributed by atoms with Crippen molar-refractivity contribution in [2.24, 2.45) is 0 Å². The molecule has 3 nitrogen and oxygen atoms in total. The fourth-order valence-corrected chi connectivity index (χ4v) is 3.43. The Kier molecular flexibility index (Phi) is 4.89. The van der Waals surface area contributed by atoms with Crippen LogP contribution in [0.15, 0.2) is 79.0 Å². The maximum absolute atomic E-state index is 13.9. The second-order valence-corrected chi connectivity index (χ2v) is 6.63. The lowest BCUT2D eigenvalue weighted by molar-refractivity contribution is -0.116. The predicted molar refractivity (Wildman–Crippen MR) is 106 cm³/mol. The number of nitrogens with one attached hydrogen (secondary N) is 2. The fourth-order valence-electron chi connectivity index (χ4n) is 3.43. The van der Waals surface area contributed by atoms with E-state index in [-0.39, 0.29) is 29.8 Å². The van der Waals surface area contributed by atoms with Gasteiger partial charge in [0, 0.05) is 29.4 Å². The molecule has 2 N–H and O–H groups in total. The van der Waals surface area contributed by atoms with Gasteiger partial charge in [-0.05, 0) is 41.5 Å². The molecule has 28 heavy (non-hydrogen) atoms. The summed E-state index contributed by atoms with van der Waals surface area (Å²) in [5, 5.41) is 3.63. The Bertz CT molecular complexity index is 1120. The number of fused-ring (bicyclic) bond motifs is 1. The molecule has 1 heterocycles. The van der Waals surface area contributed by atoms with Crippen LogP contribution in [-0.2, 0) is 4.79 Å². The first-order valence-corrected chi connectivity index (χ1v) is 8.97.